The summed E-state index contributed by atoms with van der Waals surface area (Å²) in [6.07, 6.45) is 0.348. The minimum absolute atomic E-state index is 0.0130. The van der Waals surface area contributed by atoms with Crippen molar-refractivity contribution >= 4 is 48.6 Å². The summed E-state index contributed by atoms with van der Waals surface area (Å²) in [4.78, 5) is 10.1. The molecule has 134 valence electrons. The van der Waals surface area contributed by atoms with E-state index in [9.17, 15) is 9.46 Å². The molecule has 2 saturated heterocycles. The normalized spacial score (nSPS) is 40.3. The zero-order valence-corrected chi connectivity index (χ0v) is 17.3. The molecule has 0 amide bonds. The number of hydrogen-bond donors (Lipinski definition) is 1. The molecule has 0 bridgehead atoms. The molecule has 0 saturated carbocycles. The van der Waals surface area contributed by atoms with Gasteiger partial charge in [0.25, 0.3) is 0 Å². The molecule has 0 aromatic rings. The van der Waals surface area contributed by atoms with Crippen LogP contribution < -0.4 is 0 Å². The lowest BCUT2D eigenvalue weighted by Gasteiger charge is -2.22. The molecule has 0 aliphatic carbocycles. The maximum atomic E-state index is 12.4. The number of halogens is 1. The molecule has 23 heavy (non-hydrogen) atoms. The van der Waals surface area contributed by atoms with Crippen LogP contribution >= 0.6 is 40.8 Å². The highest BCUT2D eigenvalue weighted by Gasteiger charge is 2.40. The summed E-state index contributed by atoms with van der Waals surface area (Å²) in [6, 6.07) is -0.0130. The maximum absolute atomic E-state index is 12.4. The molecule has 0 radical (unpaired) electrons. The van der Waals surface area contributed by atoms with E-state index < -0.39 is 12.9 Å². The highest BCUT2D eigenvalue weighted by atomic mass is 127. The molecule has 7 atom stereocenters. The van der Waals surface area contributed by atoms with Gasteiger partial charge in [0.1, 0.15) is 18.1 Å². The molecular weight excluding hydrogens is 457 g/mol. The van der Waals surface area contributed by atoms with Gasteiger partial charge in [-0.2, -0.15) is 0 Å². The number of methoxy groups -OCH3 is 2. The third kappa shape index (κ3) is 6.11. The molecule has 0 spiro atoms. The first-order valence-electron chi connectivity index (χ1n) is 7.47. The summed E-state index contributed by atoms with van der Waals surface area (Å²) in [5.74, 6) is 0.351. The van der Waals surface area contributed by atoms with Crippen molar-refractivity contribution in [1.29, 1.82) is 0 Å². The molecule has 1 N–H and O–H groups in total. The van der Waals surface area contributed by atoms with Crippen molar-refractivity contribution in [2.45, 2.75) is 47.4 Å². The van der Waals surface area contributed by atoms with E-state index in [1.54, 1.807) is 14.2 Å². The Labute approximate surface area is 155 Å². The largest absolute Gasteiger partial charge is 0.387 e. The van der Waals surface area contributed by atoms with Crippen molar-refractivity contribution in [1.82, 2.24) is 0 Å². The minimum Gasteiger partial charge on any atom is -0.382 e. The van der Waals surface area contributed by atoms with Gasteiger partial charge in [-0.15, -0.1) is 0 Å². The zero-order chi connectivity index (χ0) is 17.0. The molecule has 2 aliphatic heterocycles. The average Bonchev–Trinajstić information content (AvgIpc) is 2.99. The van der Waals surface area contributed by atoms with Crippen molar-refractivity contribution in [3.8, 4) is 0 Å². The lowest BCUT2D eigenvalue weighted by atomic mass is 9.96. The van der Waals surface area contributed by atoms with E-state index in [-0.39, 0.29) is 28.4 Å². The van der Waals surface area contributed by atoms with Crippen LogP contribution in [0.15, 0.2) is 0 Å². The first kappa shape index (κ1) is 20.4. The van der Waals surface area contributed by atoms with E-state index >= 15 is 0 Å². The summed E-state index contributed by atoms with van der Waals surface area (Å²) in [5, 5.41) is 0. The van der Waals surface area contributed by atoms with Crippen LogP contribution in [0.5, 0.6) is 0 Å². The molecular formula is C12H23BIO7PS. The second-order valence-corrected chi connectivity index (χ2v) is 11.0. The topological polar surface area (TPSA) is 83.5 Å². The smallest absolute Gasteiger partial charge is 0.382 e. The summed E-state index contributed by atoms with van der Waals surface area (Å²) >= 11 is 3.09. The average molecular weight is 480 g/mol. The molecule has 2 rings (SSSR count). The monoisotopic (exact) mass is 480 g/mol. The highest BCUT2D eigenvalue weighted by Crippen LogP contribution is 2.58. The Bertz CT molecular complexity index is 434. The van der Waals surface area contributed by atoms with Gasteiger partial charge < -0.3 is 23.8 Å². The zero-order valence-electron chi connectivity index (χ0n) is 13.4. The summed E-state index contributed by atoms with van der Waals surface area (Å²) < 4.78 is 39.7. The molecule has 7 nitrogen and oxygen atoms in total. The molecule has 0 aromatic carbocycles. The molecule has 3 unspecified atom stereocenters. The molecule has 2 fully saturated rings. The van der Waals surface area contributed by atoms with Gasteiger partial charge in [-0.3, -0.25) is 4.52 Å². The third-order valence-electron chi connectivity index (χ3n) is 3.84. The Morgan fingerprint density at radius 3 is 2.70 bits per heavy atom. The fourth-order valence-electron chi connectivity index (χ4n) is 2.77. The van der Waals surface area contributed by atoms with Crippen molar-refractivity contribution < 1.29 is 32.9 Å². The van der Waals surface area contributed by atoms with Crippen LogP contribution in [-0.4, -0.2) is 73.8 Å². The Morgan fingerprint density at radius 2 is 2.04 bits per heavy atom. The van der Waals surface area contributed by atoms with E-state index in [1.807, 2.05) is 7.85 Å². The summed E-state index contributed by atoms with van der Waals surface area (Å²) in [7, 11) is 5.11. The van der Waals surface area contributed by atoms with Crippen molar-refractivity contribution in [2.75, 3.05) is 26.6 Å². The van der Waals surface area contributed by atoms with E-state index in [1.165, 1.54) is 0 Å². The Balaban J connectivity index is 1.85. The fraction of sp³-hybridized carbons (Fsp3) is 1.00. The van der Waals surface area contributed by atoms with Gasteiger partial charge in [0.2, 0.25) is 0 Å². The van der Waals surface area contributed by atoms with Crippen LogP contribution in [0.25, 0.3) is 0 Å². The van der Waals surface area contributed by atoms with Crippen LogP contribution in [0.3, 0.4) is 0 Å². The number of hydrogen-bond acceptors (Lipinski definition) is 7. The first-order chi connectivity index (χ1) is 10.8. The van der Waals surface area contributed by atoms with E-state index in [0.717, 1.165) is 17.8 Å². The van der Waals surface area contributed by atoms with Crippen LogP contribution in [0.4, 0.5) is 0 Å². The predicted octanol–water partition coefficient (Wildman–Crippen LogP) is 1.16. The lowest BCUT2D eigenvalue weighted by Crippen LogP contribution is -2.28. The minimum atomic E-state index is -3.80. The number of ether oxygens (including phenoxy) is 4. The third-order valence-corrected chi connectivity index (χ3v) is 7.67. The number of alkyl halides is 1. The first-order valence-corrected chi connectivity index (χ1v) is 11.9. The van der Waals surface area contributed by atoms with Crippen LogP contribution in [-0.2, 0) is 28.0 Å². The summed E-state index contributed by atoms with van der Waals surface area (Å²) in [5.41, 5.74) is 0. The van der Waals surface area contributed by atoms with Gasteiger partial charge in [0.15, 0.2) is 0 Å². The van der Waals surface area contributed by atoms with Crippen molar-refractivity contribution in [2.24, 2.45) is 0 Å². The van der Waals surface area contributed by atoms with Crippen molar-refractivity contribution in [3.05, 3.63) is 0 Å². The highest BCUT2D eigenvalue weighted by molar-refractivity contribution is 14.1. The molecule has 2 aliphatic rings. The van der Waals surface area contributed by atoms with Gasteiger partial charge in [0.05, 0.1) is 24.9 Å². The van der Waals surface area contributed by atoms with Crippen LogP contribution in [0.1, 0.15) is 12.8 Å². The molecule has 2 heterocycles. The number of rotatable bonds is 8. The second kappa shape index (κ2) is 9.18. The Kier molecular flexibility index (Phi) is 8.16. The van der Waals surface area contributed by atoms with E-state index in [2.05, 4.69) is 22.6 Å². The Hall–Kier alpha value is 1.13. The van der Waals surface area contributed by atoms with Gasteiger partial charge in [-0.25, -0.2) is 4.57 Å². The summed E-state index contributed by atoms with van der Waals surface area (Å²) in [6.45, 7) is -3.45. The van der Waals surface area contributed by atoms with Crippen LogP contribution in [0.2, 0.25) is 0 Å². The fourth-order valence-corrected chi connectivity index (χ4v) is 6.43. The second-order valence-electron chi connectivity index (χ2n) is 5.68. The van der Waals surface area contributed by atoms with Gasteiger partial charge in [-0.1, -0.05) is 22.6 Å². The molecule has 0 aromatic heterocycles. The van der Waals surface area contributed by atoms with Gasteiger partial charge >= 0.3 is 6.80 Å². The van der Waals surface area contributed by atoms with Gasteiger partial charge in [0, 0.05) is 32.4 Å². The van der Waals surface area contributed by atoms with E-state index in [0.29, 0.717) is 18.8 Å². The molecule has 11 heteroatoms. The predicted molar refractivity (Wildman–Crippen MR) is 98.9 cm³/mol. The lowest BCUT2D eigenvalue weighted by molar-refractivity contribution is -0.0115. The van der Waals surface area contributed by atoms with Gasteiger partial charge in [-0.05, 0) is 17.8 Å². The quantitative estimate of drug-likeness (QED) is 0.240. The Morgan fingerprint density at radius 1 is 1.30 bits per heavy atom. The van der Waals surface area contributed by atoms with Crippen molar-refractivity contribution in [3.63, 3.8) is 0 Å². The van der Waals surface area contributed by atoms with E-state index in [4.69, 9.17) is 23.5 Å². The SMILES string of the molecule is B[C@H]1C[C@@H](OP(=O)(O)SCC2O[C@@H](I)C[C@H]2OC)C(COC)O1. The van der Waals surface area contributed by atoms with Crippen LogP contribution in [0, 0.1) is 0 Å². The standard InChI is InChI=1S/C12H23BIO7PS/c1-17-5-9-8(3-11(13)19-9)21-22(15,16)23-6-10-7(18-2)4-12(14)20-10/h7-12H,3-6,13H2,1-2H3,(H,15,16)/t7-,8-,9?,10?,11-,12-/m1/s1. The maximum Gasteiger partial charge on any atom is 0.387 e.